The zero-order valence-corrected chi connectivity index (χ0v) is 11.6. The molecule has 0 saturated heterocycles. The van der Waals surface area contributed by atoms with E-state index in [1.165, 1.54) is 11.1 Å². The van der Waals surface area contributed by atoms with Crippen molar-refractivity contribution < 1.29 is 14.9 Å². The number of ether oxygens (including phenoxy) is 1. The van der Waals surface area contributed by atoms with E-state index in [0.717, 1.165) is 18.5 Å². The van der Waals surface area contributed by atoms with Crippen molar-refractivity contribution in [3.05, 3.63) is 28.8 Å². The molecule has 0 bridgehead atoms. The first-order valence-corrected chi connectivity index (χ1v) is 6.89. The lowest BCUT2D eigenvalue weighted by Crippen LogP contribution is -2.24. The molecule has 4 heteroatoms. The smallest absolute Gasteiger partial charge is 0.120 e. The number of phenols is 1. The molecule has 0 fully saturated rings. The third kappa shape index (κ3) is 3.08. The van der Waals surface area contributed by atoms with E-state index in [2.05, 4.69) is 19.2 Å². The number of nitrogens with one attached hydrogen (secondary N) is 1. The van der Waals surface area contributed by atoms with Crippen molar-refractivity contribution in [2.75, 3.05) is 26.4 Å². The number of aryl methyl sites for hydroxylation is 1. The molecule has 0 aliphatic heterocycles. The Bertz CT molecular complexity index is 434. The number of benzene rings is 1. The van der Waals surface area contributed by atoms with E-state index in [4.69, 9.17) is 9.84 Å². The first-order chi connectivity index (χ1) is 9.15. The predicted octanol–water partition coefficient (Wildman–Crippen LogP) is 1.85. The second kappa shape index (κ2) is 6.37. The monoisotopic (exact) mass is 265 g/mol. The number of aliphatic hydroxyl groups is 1. The van der Waals surface area contributed by atoms with Crippen LogP contribution in [0.4, 0.5) is 0 Å². The maximum Gasteiger partial charge on any atom is 0.120 e. The fraction of sp³-hybridized carbons (Fsp3) is 0.600. The Morgan fingerprint density at radius 1 is 1.32 bits per heavy atom. The first-order valence-electron chi connectivity index (χ1n) is 6.89. The molecular formula is C15H23NO3. The highest BCUT2D eigenvalue weighted by molar-refractivity contribution is 5.50. The van der Waals surface area contributed by atoms with Gasteiger partial charge in [-0.3, -0.25) is 0 Å². The van der Waals surface area contributed by atoms with E-state index >= 15 is 0 Å². The molecule has 1 aromatic carbocycles. The second-order valence-corrected chi connectivity index (χ2v) is 5.21. The molecule has 19 heavy (non-hydrogen) atoms. The van der Waals surface area contributed by atoms with E-state index < -0.39 is 0 Å². The van der Waals surface area contributed by atoms with Crippen LogP contribution in [0, 0.1) is 6.92 Å². The van der Waals surface area contributed by atoms with Crippen molar-refractivity contribution in [2.45, 2.75) is 32.2 Å². The van der Waals surface area contributed by atoms with E-state index in [9.17, 15) is 5.11 Å². The molecule has 2 atom stereocenters. The number of phenolic OH excluding ortho intramolecular Hbond substituents is 1. The highest BCUT2D eigenvalue weighted by Crippen LogP contribution is 2.45. The van der Waals surface area contributed by atoms with Gasteiger partial charge in [-0.05, 0) is 36.5 Å². The van der Waals surface area contributed by atoms with Crippen LogP contribution in [0.25, 0.3) is 0 Å². The van der Waals surface area contributed by atoms with Crippen molar-refractivity contribution in [3.63, 3.8) is 0 Å². The summed E-state index contributed by atoms with van der Waals surface area (Å²) in [6.07, 6.45) is 1.01. The molecule has 2 unspecified atom stereocenters. The maximum absolute atomic E-state index is 10.1. The summed E-state index contributed by atoms with van der Waals surface area (Å²) in [5.41, 5.74) is 3.59. The van der Waals surface area contributed by atoms with Crippen LogP contribution in [0.2, 0.25) is 0 Å². The zero-order valence-electron chi connectivity index (χ0n) is 11.6. The third-order valence-electron chi connectivity index (χ3n) is 3.79. The van der Waals surface area contributed by atoms with Gasteiger partial charge in [-0.2, -0.15) is 0 Å². The van der Waals surface area contributed by atoms with Gasteiger partial charge in [-0.15, -0.1) is 0 Å². The Balaban J connectivity index is 2.01. The minimum absolute atomic E-state index is 0.0588. The van der Waals surface area contributed by atoms with Crippen molar-refractivity contribution in [2.24, 2.45) is 0 Å². The van der Waals surface area contributed by atoms with Crippen LogP contribution in [0.5, 0.6) is 5.75 Å². The Morgan fingerprint density at radius 2 is 2.11 bits per heavy atom. The van der Waals surface area contributed by atoms with Gasteiger partial charge in [0, 0.05) is 18.2 Å². The van der Waals surface area contributed by atoms with Gasteiger partial charge in [-0.25, -0.2) is 0 Å². The molecule has 2 rings (SSSR count). The fourth-order valence-corrected chi connectivity index (χ4v) is 3.00. The minimum atomic E-state index is 0.0588. The van der Waals surface area contributed by atoms with E-state index in [1.807, 2.05) is 6.07 Å². The Kier molecular flexibility index (Phi) is 4.80. The summed E-state index contributed by atoms with van der Waals surface area (Å²) in [4.78, 5) is 0. The first kappa shape index (κ1) is 14.3. The average molecular weight is 265 g/mol. The lowest BCUT2D eigenvalue weighted by atomic mass is 9.97. The van der Waals surface area contributed by atoms with E-state index in [0.29, 0.717) is 24.9 Å². The van der Waals surface area contributed by atoms with Crippen molar-refractivity contribution in [1.29, 1.82) is 0 Å². The van der Waals surface area contributed by atoms with Gasteiger partial charge >= 0.3 is 0 Å². The summed E-state index contributed by atoms with van der Waals surface area (Å²) in [5.74, 6) is 0.858. The van der Waals surface area contributed by atoms with Crippen LogP contribution in [-0.4, -0.2) is 36.6 Å². The van der Waals surface area contributed by atoms with Crippen LogP contribution in [0.3, 0.4) is 0 Å². The summed E-state index contributed by atoms with van der Waals surface area (Å²) >= 11 is 0. The van der Waals surface area contributed by atoms with Gasteiger partial charge in [0.15, 0.2) is 0 Å². The number of fused-ring (bicyclic) bond motifs is 1. The standard InChI is InChI=1S/C15H23NO3/c1-10-3-4-13(18)15-12(9-11(2)14(10)15)16-5-7-19-8-6-17/h3-4,11-12,16-18H,5-9H2,1-2H3. The van der Waals surface area contributed by atoms with Gasteiger partial charge in [0.1, 0.15) is 5.75 Å². The number of rotatable bonds is 6. The van der Waals surface area contributed by atoms with Crippen molar-refractivity contribution in [1.82, 2.24) is 5.32 Å². The fourth-order valence-electron chi connectivity index (χ4n) is 3.00. The number of hydrogen-bond donors (Lipinski definition) is 3. The number of hydrogen-bond acceptors (Lipinski definition) is 4. The topological polar surface area (TPSA) is 61.7 Å². The molecule has 0 heterocycles. The summed E-state index contributed by atoms with van der Waals surface area (Å²) in [6, 6.07) is 3.96. The molecule has 106 valence electrons. The molecule has 4 nitrogen and oxygen atoms in total. The van der Waals surface area contributed by atoms with Crippen LogP contribution in [0.15, 0.2) is 12.1 Å². The molecule has 0 spiro atoms. The highest BCUT2D eigenvalue weighted by atomic mass is 16.5. The molecule has 0 saturated carbocycles. The predicted molar refractivity (Wildman–Crippen MR) is 74.5 cm³/mol. The Morgan fingerprint density at radius 3 is 2.84 bits per heavy atom. The summed E-state index contributed by atoms with van der Waals surface area (Å²) in [7, 11) is 0. The van der Waals surface area contributed by atoms with E-state index in [1.54, 1.807) is 6.07 Å². The quantitative estimate of drug-likeness (QED) is 0.687. The molecule has 1 aliphatic rings. The van der Waals surface area contributed by atoms with Gasteiger partial charge in [-0.1, -0.05) is 13.0 Å². The van der Waals surface area contributed by atoms with Gasteiger partial charge in [0.25, 0.3) is 0 Å². The minimum Gasteiger partial charge on any atom is -0.508 e. The molecule has 1 aliphatic carbocycles. The van der Waals surface area contributed by atoms with Crippen LogP contribution in [-0.2, 0) is 4.74 Å². The zero-order chi connectivity index (χ0) is 13.8. The van der Waals surface area contributed by atoms with Crippen LogP contribution >= 0.6 is 0 Å². The number of aromatic hydroxyl groups is 1. The van der Waals surface area contributed by atoms with E-state index in [-0.39, 0.29) is 12.6 Å². The SMILES string of the molecule is Cc1ccc(O)c2c1C(C)CC2NCCOCCO. The van der Waals surface area contributed by atoms with Gasteiger partial charge in [0.05, 0.1) is 19.8 Å². The molecule has 3 N–H and O–H groups in total. The van der Waals surface area contributed by atoms with Crippen LogP contribution in [0.1, 0.15) is 42.0 Å². The lowest BCUT2D eigenvalue weighted by Gasteiger charge is -2.15. The largest absolute Gasteiger partial charge is 0.508 e. The lowest BCUT2D eigenvalue weighted by molar-refractivity contribution is 0.0925. The second-order valence-electron chi connectivity index (χ2n) is 5.21. The van der Waals surface area contributed by atoms with Crippen molar-refractivity contribution >= 4 is 0 Å². The normalized spacial score (nSPS) is 21.6. The Hall–Kier alpha value is -1.10. The highest BCUT2D eigenvalue weighted by Gasteiger charge is 2.31. The molecule has 0 aromatic heterocycles. The Labute approximate surface area is 114 Å². The van der Waals surface area contributed by atoms with Gasteiger partial charge < -0.3 is 20.3 Å². The third-order valence-corrected chi connectivity index (χ3v) is 3.79. The van der Waals surface area contributed by atoms with Crippen molar-refractivity contribution in [3.8, 4) is 5.75 Å². The maximum atomic E-state index is 10.1. The summed E-state index contributed by atoms with van der Waals surface area (Å²) in [5, 5.41) is 22.1. The average Bonchev–Trinajstić information content (AvgIpc) is 2.72. The van der Waals surface area contributed by atoms with Gasteiger partial charge in [0.2, 0.25) is 0 Å². The summed E-state index contributed by atoms with van der Waals surface area (Å²) in [6.45, 7) is 6.04. The molecular weight excluding hydrogens is 242 g/mol. The summed E-state index contributed by atoms with van der Waals surface area (Å²) < 4.78 is 5.24. The molecule has 0 amide bonds. The van der Waals surface area contributed by atoms with Crippen LogP contribution < -0.4 is 5.32 Å². The number of aliphatic hydroxyl groups excluding tert-OH is 1. The molecule has 1 aromatic rings. The molecule has 0 radical (unpaired) electrons.